The molecule has 0 atom stereocenters. The van der Waals surface area contributed by atoms with E-state index in [1.807, 2.05) is 0 Å². The first-order valence-corrected chi connectivity index (χ1v) is 8.28. The van der Waals surface area contributed by atoms with Crippen molar-refractivity contribution in [2.45, 2.75) is 53.6 Å². The smallest absolute Gasteiger partial charge is 0.460 e. The van der Waals surface area contributed by atoms with Crippen molar-refractivity contribution >= 4 is 16.5 Å². The van der Waals surface area contributed by atoms with E-state index in [0.29, 0.717) is 0 Å². The van der Waals surface area contributed by atoms with Gasteiger partial charge in [-0.2, -0.15) is 91.8 Å². The molecule has 0 heterocycles. The zero-order chi connectivity index (χ0) is 30.6. The van der Waals surface area contributed by atoms with Crippen molar-refractivity contribution < 1.29 is 110 Å². The summed E-state index contributed by atoms with van der Waals surface area (Å²) in [6.07, 6.45) is -7.95. The van der Waals surface area contributed by atoms with Gasteiger partial charge in [-0.15, -0.1) is 0 Å². The highest BCUT2D eigenvalue weighted by Gasteiger charge is 2.97. The van der Waals surface area contributed by atoms with Crippen LogP contribution in [-0.4, -0.2) is 77.6 Å². The van der Waals surface area contributed by atoms with E-state index in [4.69, 9.17) is 18.1 Å². The number of carbonyl (C=O) groups is 1. The highest BCUT2D eigenvalue weighted by molar-refractivity contribution is 7.80. The predicted molar refractivity (Wildman–Crippen MR) is 65.9 cm³/mol. The number of hydrogen-bond acceptors (Lipinski definition) is 3. The third-order valence-electron chi connectivity index (χ3n) is 3.38. The van der Waals surface area contributed by atoms with Crippen molar-refractivity contribution in [3.05, 3.63) is 0 Å². The Balaban J connectivity index is 0. The fourth-order valence-corrected chi connectivity index (χ4v) is 1.50. The van der Waals surface area contributed by atoms with Crippen molar-refractivity contribution in [1.82, 2.24) is 0 Å². The average molecular weight is 614 g/mol. The molecule has 0 saturated carbocycles. The Morgan fingerprint density at radius 3 is 0.806 bits per heavy atom. The second kappa shape index (κ2) is 9.07. The Kier molecular flexibility index (Phi) is 9.11. The second-order valence-electron chi connectivity index (χ2n) is 5.81. The van der Waals surface area contributed by atoms with Gasteiger partial charge in [0.05, 0.1) is 0 Å². The van der Waals surface area contributed by atoms with Gasteiger partial charge in [-0.25, -0.2) is 4.79 Å². The molecule has 26 heteroatoms. The van der Waals surface area contributed by atoms with Crippen LogP contribution < -0.4 is 0 Å². The van der Waals surface area contributed by atoms with Gasteiger partial charge in [-0.1, -0.05) is 3.89 Å². The molecule has 0 radical (unpaired) electrons. The number of carboxylic acids is 1. The predicted octanol–water partition coefficient (Wildman–Crippen LogP) is 5.47. The van der Waals surface area contributed by atoms with Crippen LogP contribution in [0.1, 0.15) is 0 Å². The molecule has 0 rings (SSSR count). The van der Waals surface area contributed by atoms with E-state index < -0.39 is 70.0 Å². The lowest BCUT2D eigenvalue weighted by atomic mass is 9.87. The molecule has 36 heavy (non-hydrogen) atoms. The molecule has 5 nitrogen and oxygen atoms in total. The summed E-state index contributed by atoms with van der Waals surface area (Å²) in [5.41, 5.74) is 0. The van der Waals surface area contributed by atoms with E-state index in [9.17, 15) is 92.1 Å². The van der Waals surface area contributed by atoms with Crippen LogP contribution in [0, 0.1) is 0 Å². The highest BCUT2D eigenvalue weighted by Crippen LogP contribution is 2.65. The van der Waals surface area contributed by atoms with Gasteiger partial charge >= 0.3 is 70.0 Å². The fourth-order valence-electron chi connectivity index (χ4n) is 1.50. The van der Waals surface area contributed by atoms with E-state index in [1.165, 1.54) is 0 Å². The largest absolute Gasteiger partial charge is 0.477 e. The molecule has 0 bridgehead atoms. The van der Waals surface area contributed by atoms with E-state index in [2.05, 4.69) is 0 Å². The first-order chi connectivity index (χ1) is 14.9. The minimum absolute atomic E-state index is 4.48. The molecule has 2 N–H and O–H groups in total. The van der Waals surface area contributed by atoms with Gasteiger partial charge in [0.25, 0.3) is 0 Å². The third kappa shape index (κ3) is 5.32. The van der Waals surface area contributed by atoms with Crippen LogP contribution in [0.15, 0.2) is 0 Å². The van der Waals surface area contributed by atoms with Crippen LogP contribution in [0.5, 0.6) is 0 Å². The molecule has 0 aliphatic rings. The lowest BCUT2D eigenvalue weighted by Gasteiger charge is -2.43. The van der Waals surface area contributed by atoms with Gasteiger partial charge in [0.1, 0.15) is 0 Å². The summed E-state index contributed by atoms with van der Waals surface area (Å²) < 4.78 is 276. The number of halogens is 20. The molecule has 0 amide bonds. The van der Waals surface area contributed by atoms with Crippen LogP contribution in [0.25, 0.3) is 0 Å². The zero-order valence-electron chi connectivity index (χ0n) is 15.1. The maximum atomic E-state index is 13.1. The number of alkyl halides is 19. The van der Waals surface area contributed by atoms with E-state index >= 15 is 0 Å². The first-order valence-electron chi connectivity index (χ1n) is 6.94. The Morgan fingerprint density at radius 1 is 0.472 bits per heavy atom. The van der Waals surface area contributed by atoms with Gasteiger partial charge < -0.3 is 5.11 Å². The van der Waals surface area contributed by atoms with E-state index in [1.54, 1.807) is 0 Å². The highest BCUT2D eigenvalue weighted by atomic mass is 32.3. The Bertz CT molecular complexity index is 910. The van der Waals surface area contributed by atoms with Gasteiger partial charge in [0, 0.05) is 0 Å². The summed E-state index contributed by atoms with van der Waals surface area (Å²) in [7, 11) is -5.17. The summed E-state index contributed by atoms with van der Waals surface area (Å²) in [6.45, 7) is 0. The molecule has 0 saturated heterocycles. The summed E-state index contributed by atoms with van der Waals surface area (Å²) in [5.74, 6) is -73.3. The molecule has 0 aliphatic heterocycles. The summed E-state index contributed by atoms with van der Waals surface area (Å²) >= 11 is 0. The maximum absolute atomic E-state index is 13.1. The number of carboxylic acid groups (broad SMARTS) is 1. The molecule has 0 unspecified atom stereocenters. The van der Waals surface area contributed by atoms with Crippen molar-refractivity contribution in [1.29, 1.82) is 0 Å². The molecule has 0 aliphatic carbocycles. The van der Waals surface area contributed by atoms with Crippen molar-refractivity contribution in [2.75, 3.05) is 0 Å². The zero-order valence-corrected chi connectivity index (χ0v) is 15.9. The van der Waals surface area contributed by atoms with Gasteiger partial charge in [-0.05, 0) is 0 Å². The summed E-state index contributed by atoms with van der Waals surface area (Å²) in [6, 6.07) is 0. The Morgan fingerprint density at radius 2 is 0.639 bits per heavy atom. The van der Waals surface area contributed by atoms with Crippen LogP contribution in [0.2, 0.25) is 0 Å². The minimum atomic E-state index is -9.06. The van der Waals surface area contributed by atoms with Gasteiger partial charge in [0.2, 0.25) is 0 Å². The van der Waals surface area contributed by atoms with Crippen molar-refractivity contribution in [2.24, 2.45) is 0 Å². The normalized spacial score (nSPS) is 15.8. The van der Waals surface area contributed by atoms with Crippen LogP contribution in [0.4, 0.5) is 87.3 Å². The average Bonchev–Trinajstić information content (AvgIpc) is 2.57. The molecular weight excluding hydrogens is 612 g/mol. The van der Waals surface area contributed by atoms with Crippen LogP contribution >= 0.6 is 0 Å². The lowest BCUT2D eigenvalue weighted by molar-refractivity contribution is -0.467. The van der Waals surface area contributed by atoms with Crippen LogP contribution in [-0.2, 0) is 15.3 Å². The van der Waals surface area contributed by atoms with Crippen LogP contribution in [0.3, 0.4) is 0 Å². The summed E-state index contributed by atoms with van der Waals surface area (Å²) in [4.78, 5) is 9.80. The van der Waals surface area contributed by atoms with Gasteiger partial charge in [0.15, 0.2) is 0 Å². The Labute approximate surface area is 181 Å². The van der Waals surface area contributed by atoms with E-state index in [-0.39, 0.29) is 0 Å². The molecular formula is C10H2F20O5S. The standard InChI is InChI=1S/C10HF19O2.FHO3S/c11-2(12,1(30)31)3(13,14)4(15,16)5(17,18)6(19,20)7(21,22)8(23,24)9(25,26)10(27,28)29;1-5(2,3)4/h(H,30,31);(H,2,3,4). The quantitative estimate of drug-likeness (QED) is 0.215. The van der Waals surface area contributed by atoms with E-state index in [0.717, 1.165) is 0 Å². The topological polar surface area (TPSA) is 91.7 Å². The lowest BCUT2D eigenvalue weighted by Crippen LogP contribution is -2.76. The number of aliphatic carboxylic acids is 1. The molecule has 218 valence electrons. The number of hydrogen-bond donors (Lipinski definition) is 2. The minimum Gasteiger partial charge on any atom is -0.477 e. The fraction of sp³-hybridized carbons (Fsp3) is 0.900. The number of rotatable bonds is 8. The monoisotopic (exact) mass is 614 g/mol. The molecule has 0 fully saturated rings. The third-order valence-corrected chi connectivity index (χ3v) is 3.38. The van der Waals surface area contributed by atoms with Crippen molar-refractivity contribution in [3.8, 4) is 0 Å². The molecule has 0 aromatic heterocycles. The SMILES string of the molecule is O=C(O)C(F)(F)C(F)(F)C(F)(F)C(F)(F)C(F)(F)C(F)(F)C(F)(F)C(F)(F)C(F)(F)F.O=S(=O)(O)F. The Hall–Kier alpha value is -2.02. The summed E-state index contributed by atoms with van der Waals surface area (Å²) in [5, 5.41) is 7.61. The molecule has 0 aromatic rings. The van der Waals surface area contributed by atoms with Gasteiger partial charge in [-0.3, -0.25) is 4.55 Å². The van der Waals surface area contributed by atoms with Crippen molar-refractivity contribution in [3.63, 3.8) is 0 Å². The molecule has 0 spiro atoms. The second-order valence-corrected chi connectivity index (χ2v) is 6.63. The molecule has 0 aromatic carbocycles. The maximum Gasteiger partial charge on any atom is 0.460 e. The first kappa shape index (κ1) is 36.1.